The number of hydrogen-bond donors (Lipinski definition) is 1. The third kappa shape index (κ3) is 4.03. The van der Waals surface area contributed by atoms with Crippen LogP contribution < -0.4 is 5.73 Å². The summed E-state index contributed by atoms with van der Waals surface area (Å²) in [5.74, 6) is -0.531. The van der Waals surface area contributed by atoms with Gasteiger partial charge >= 0.3 is 6.18 Å². The molecule has 0 aromatic heterocycles. The van der Waals surface area contributed by atoms with Gasteiger partial charge in [-0.25, -0.2) is 0 Å². The Morgan fingerprint density at radius 2 is 2.10 bits per heavy atom. The van der Waals surface area contributed by atoms with Crippen LogP contribution in [0.5, 0.6) is 0 Å². The first-order chi connectivity index (χ1) is 9.69. The molecule has 1 aromatic rings. The summed E-state index contributed by atoms with van der Waals surface area (Å²) in [7, 11) is 0. The van der Waals surface area contributed by atoms with Gasteiger partial charge in [0.2, 0.25) is 0 Å². The molecule has 0 heterocycles. The number of carbonyl (C=O) groups is 1. The highest BCUT2D eigenvalue weighted by atomic mass is 35.5. The van der Waals surface area contributed by atoms with Crippen molar-refractivity contribution >= 4 is 23.2 Å². The Kier molecular flexibility index (Phi) is 4.37. The highest BCUT2D eigenvalue weighted by Crippen LogP contribution is 2.37. The fourth-order valence-corrected chi connectivity index (χ4v) is 2.39. The number of nitrogen functional groups attached to an aromatic ring is 1. The van der Waals surface area contributed by atoms with Gasteiger partial charge in [0.1, 0.15) is 6.54 Å². The van der Waals surface area contributed by atoms with Crippen LogP contribution in [0.2, 0.25) is 5.02 Å². The maximum atomic E-state index is 12.7. The second-order valence-corrected chi connectivity index (χ2v) is 5.77. The lowest BCUT2D eigenvalue weighted by atomic mass is 10.1. The number of halogens is 4. The highest BCUT2D eigenvalue weighted by molar-refractivity contribution is 6.33. The molecular formula is C14H16ClF3N2O. The molecule has 1 saturated carbocycles. The number of carbonyl (C=O) groups excluding carboxylic acids is 1. The molecule has 7 heteroatoms. The van der Waals surface area contributed by atoms with Gasteiger partial charge in [0.25, 0.3) is 5.91 Å². The summed E-state index contributed by atoms with van der Waals surface area (Å²) >= 11 is 5.76. The molecule has 1 aromatic carbocycles. The molecule has 0 bridgehead atoms. The van der Waals surface area contributed by atoms with Crippen LogP contribution in [0.4, 0.5) is 18.9 Å². The third-order valence-electron chi connectivity index (χ3n) is 3.65. The van der Waals surface area contributed by atoms with Gasteiger partial charge in [-0.1, -0.05) is 11.6 Å². The zero-order valence-electron chi connectivity index (χ0n) is 11.5. The lowest BCUT2D eigenvalue weighted by molar-refractivity contribution is -0.144. The maximum Gasteiger partial charge on any atom is 0.406 e. The molecule has 0 aliphatic heterocycles. The number of nitrogens with zero attached hydrogens (tertiary/aromatic N) is 1. The molecule has 21 heavy (non-hydrogen) atoms. The minimum absolute atomic E-state index is 0.119. The Morgan fingerprint density at radius 1 is 1.48 bits per heavy atom. The van der Waals surface area contributed by atoms with Crippen molar-refractivity contribution in [3.05, 3.63) is 28.8 Å². The standard InChI is InChI=1S/C14H16ClF3N2O/c1-8(9-2-3-9)20(7-14(16,17)18)13(21)10-4-5-11(15)12(19)6-10/h4-6,8-9H,2-3,7,19H2,1H3. The van der Waals surface area contributed by atoms with E-state index in [0.717, 1.165) is 17.7 Å². The fraction of sp³-hybridized carbons (Fsp3) is 0.500. The van der Waals surface area contributed by atoms with Gasteiger partial charge in [0.15, 0.2) is 0 Å². The van der Waals surface area contributed by atoms with Gasteiger partial charge in [-0.15, -0.1) is 0 Å². The first-order valence-corrected chi connectivity index (χ1v) is 6.99. The smallest absolute Gasteiger partial charge is 0.398 e. The molecule has 2 N–H and O–H groups in total. The molecule has 1 fully saturated rings. The van der Waals surface area contributed by atoms with Crippen LogP contribution in [-0.4, -0.2) is 29.6 Å². The first-order valence-electron chi connectivity index (χ1n) is 6.62. The van der Waals surface area contributed by atoms with Crippen LogP contribution >= 0.6 is 11.6 Å². The van der Waals surface area contributed by atoms with E-state index < -0.39 is 24.7 Å². The van der Waals surface area contributed by atoms with Crippen molar-refractivity contribution in [1.29, 1.82) is 0 Å². The average molecular weight is 321 g/mol. The number of rotatable bonds is 4. The van der Waals surface area contributed by atoms with E-state index in [4.69, 9.17) is 17.3 Å². The number of nitrogens with two attached hydrogens (primary N) is 1. The molecule has 0 saturated heterocycles. The molecule has 1 aliphatic rings. The largest absolute Gasteiger partial charge is 0.406 e. The van der Waals surface area contributed by atoms with Crippen LogP contribution in [0.25, 0.3) is 0 Å². The molecule has 1 atom stereocenters. The van der Waals surface area contributed by atoms with Crippen molar-refractivity contribution in [2.75, 3.05) is 12.3 Å². The van der Waals surface area contributed by atoms with Crippen molar-refractivity contribution in [1.82, 2.24) is 4.90 Å². The van der Waals surface area contributed by atoms with E-state index in [1.807, 2.05) is 0 Å². The summed E-state index contributed by atoms with van der Waals surface area (Å²) in [5, 5.41) is 0.268. The summed E-state index contributed by atoms with van der Waals surface area (Å²) in [5.41, 5.74) is 5.90. The Balaban J connectivity index is 2.25. The van der Waals surface area contributed by atoms with Gasteiger partial charge < -0.3 is 10.6 Å². The van der Waals surface area contributed by atoms with E-state index in [2.05, 4.69) is 0 Å². The molecule has 1 amide bonds. The van der Waals surface area contributed by atoms with E-state index >= 15 is 0 Å². The lowest BCUT2D eigenvalue weighted by Crippen LogP contribution is -2.45. The summed E-state index contributed by atoms with van der Waals surface area (Å²) in [6.07, 6.45) is -2.73. The van der Waals surface area contributed by atoms with Gasteiger partial charge in [-0.05, 0) is 43.9 Å². The molecule has 0 radical (unpaired) electrons. The minimum atomic E-state index is -4.43. The number of benzene rings is 1. The number of alkyl halides is 3. The van der Waals surface area contributed by atoms with Gasteiger partial charge in [0, 0.05) is 11.6 Å². The van der Waals surface area contributed by atoms with Gasteiger partial charge in [-0.2, -0.15) is 13.2 Å². The van der Waals surface area contributed by atoms with Crippen LogP contribution in [0.15, 0.2) is 18.2 Å². The monoisotopic (exact) mass is 320 g/mol. The Hall–Kier alpha value is -1.43. The van der Waals surface area contributed by atoms with Crippen molar-refractivity contribution < 1.29 is 18.0 Å². The van der Waals surface area contributed by atoms with Crippen LogP contribution in [-0.2, 0) is 0 Å². The molecule has 1 unspecified atom stereocenters. The Morgan fingerprint density at radius 3 is 2.57 bits per heavy atom. The zero-order valence-corrected chi connectivity index (χ0v) is 12.2. The normalized spacial score (nSPS) is 16.6. The van der Waals surface area contributed by atoms with Crippen molar-refractivity contribution in [3.8, 4) is 0 Å². The van der Waals surface area contributed by atoms with E-state index in [1.165, 1.54) is 18.2 Å². The maximum absolute atomic E-state index is 12.7. The van der Waals surface area contributed by atoms with Crippen LogP contribution in [0, 0.1) is 5.92 Å². The summed E-state index contributed by atoms with van der Waals surface area (Å²) in [6, 6.07) is 3.67. The van der Waals surface area contributed by atoms with E-state index in [9.17, 15) is 18.0 Å². The van der Waals surface area contributed by atoms with E-state index in [0.29, 0.717) is 0 Å². The van der Waals surface area contributed by atoms with E-state index in [1.54, 1.807) is 6.92 Å². The number of hydrogen-bond acceptors (Lipinski definition) is 2. The van der Waals surface area contributed by atoms with Gasteiger partial charge in [-0.3, -0.25) is 4.79 Å². The molecule has 116 valence electrons. The second-order valence-electron chi connectivity index (χ2n) is 5.36. The minimum Gasteiger partial charge on any atom is -0.398 e. The lowest BCUT2D eigenvalue weighted by Gasteiger charge is -2.30. The predicted octanol–water partition coefficient (Wildman–Crippen LogP) is 3.73. The molecule has 0 spiro atoms. The fourth-order valence-electron chi connectivity index (χ4n) is 2.27. The Bertz CT molecular complexity index is 544. The molecular weight excluding hydrogens is 305 g/mol. The zero-order chi connectivity index (χ0) is 15.8. The highest BCUT2D eigenvalue weighted by Gasteiger charge is 2.40. The van der Waals surface area contributed by atoms with Crippen LogP contribution in [0.3, 0.4) is 0 Å². The molecule has 3 nitrogen and oxygen atoms in total. The summed E-state index contributed by atoms with van der Waals surface area (Å²) < 4.78 is 38.2. The van der Waals surface area contributed by atoms with Crippen molar-refractivity contribution in [3.63, 3.8) is 0 Å². The first kappa shape index (κ1) is 15.9. The summed E-state index contributed by atoms with van der Waals surface area (Å²) in [6.45, 7) is 0.395. The average Bonchev–Trinajstić information content (AvgIpc) is 3.21. The van der Waals surface area contributed by atoms with Crippen LogP contribution in [0.1, 0.15) is 30.1 Å². The third-order valence-corrected chi connectivity index (χ3v) is 3.99. The predicted molar refractivity (Wildman–Crippen MR) is 75.1 cm³/mol. The van der Waals surface area contributed by atoms with Crippen molar-refractivity contribution in [2.24, 2.45) is 5.92 Å². The number of amides is 1. The van der Waals surface area contributed by atoms with E-state index in [-0.39, 0.29) is 22.2 Å². The summed E-state index contributed by atoms with van der Waals surface area (Å²) in [4.78, 5) is 13.3. The van der Waals surface area contributed by atoms with Crippen molar-refractivity contribution in [2.45, 2.75) is 32.0 Å². The topological polar surface area (TPSA) is 46.3 Å². The molecule has 1 aliphatic carbocycles. The Labute approximate surface area is 125 Å². The molecule has 2 rings (SSSR count). The SMILES string of the molecule is CC(C1CC1)N(CC(F)(F)F)C(=O)c1ccc(Cl)c(N)c1. The quantitative estimate of drug-likeness (QED) is 0.859. The second kappa shape index (κ2) is 5.75. The number of anilines is 1. The van der Waals surface area contributed by atoms with Gasteiger partial charge in [0.05, 0.1) is 10.7 Å².